The minimum absolute atomic E-state index is 0.0644. The van der Waals surface area contributed by atoms with Gasteiger partial charge in [0.15, 0.2) is 0 Å². The fraction of sp³-hybridized carbons (Fsp3) is 0.312. The van der Waals surface area contributed by atoms with Gasteiger partial charge in [0.25, 0.3) is 11.8 Å². The average Bonchev–Trinajstić information content (AvgIpc) is 3.44. The van der Waals surface area contributed by atoms with Gasteiger partial charge in [0.05, 0.1) is 16.3 Å². The first-order valence-corrected chi connectivity index (χ1v) is 15.6. The maximum atomic E-state index is 13.6. The molecule has 2 aliphatic rings. The van der Waals surface area contributed by atoms with Crippen molar-refractivity contribution in [2.75, 3.05) is 13.1 Å². The number of imide groups is 1. The molecule has 216 valence electrons. The van der Waals surface area contributed by atoms with Gasteiger partial charge in [0.2, 0.25) is 10.0 Å². The summed E-state index contributed by atoms with van der Waals surface area (Å²) in [5, 5.41) is 14.6. The van der Waals surface area contributed by atoms with Crippen LogP contribution in [0.1, 0.15) is 52.0 Å². The van der Waals surface area contributed by atoms with Crippen LogP contribution >= 0.6 is 0 Å². The average molecular weight is 584 g/mol. The molecule has 1 fully saturated rings. The van der Waals surface area contributed by atoms with Crippen LogP contribution in [0.15, 0.2) is 82.4 Å². The largest absolute Gasteiger partial charge is 0.271 e. The first kappa shape index (κ1) is 29.2. The number of amides is 2. The number of hydrogen-bond acceptors (Lipinski definition) is 6. The fourth-order valence-electron chi connectivity index (χ4n) is 5.31. The van der Waals surface area contributed by atoms with Crippen molar-refractivity contribution in [3.63, 3.8) is 0 Å². The van der Waals surface area contributed by atoms with Crippen molar-refractivity contribution in [2.45, 2.75) is 57.4 Å². The van der Waals surface area contributed by atoms with Crippen LogP contribution in [0.4, 0.5) is 0 Å². The van der Waals surface area contributed by atoms with Gasteiger partial charge in [-0.05, 0) is 69.0 Å². The van der Waals surface area contributed by atoms with Crippen LogP contribution in [0, 0.1) is 11.3 Å². The first-order valence-electron chi connectivity index (χ1n) is 14.1. The molecule has 2 aromatic carbocycles. The summed E-state index contributed by atoms with van der Waals surface area (Å²) in [5.41, 5.74) is 3.06. The minimum atomic E-state index is -3.60. The van der Waals surface area contributed by atoms with Gasteiger partial charge in [-0.1, -0.05) is 43.7 Å². The van der Waals surface area contributed by atoms with Gasteiger partial charge in [-0.15, -0.1) is 0 Å². The molecule has 0 aliphatic carbocycles. The van der Waals surface area contributed by atoms with Crippen LogP contribution in [0.5, 0.6) is 0 Å². The van der Waals surface area contributed by atoms with Crippen LogP contribution in [-0.4, -0.2) is 58.3 Å². The Labute approximate surface area is 246 Å². The Morgan fingerprint density at radius 1 is 1.00 bits per heavy atom. The molecule has 1 unspecified atom stereocenters. The number of aromatic nitrogens is 2. The standard InChI is InChI=1S/C32H33N5O4S/c1-4-22(2)37-31(38)28(23(3)29(20-33)32(37)39)19-25-21-36(26-11-7-5-8-12-26)34-30(25)24-13-15-27(16-14-24)42(40,41)35-17-9-6-10-18-35/h5,7-8,11-16,19,21-22H,4,6,9-10,17-18H2,1-3H3/b28-19+. The molecule has 1 saturated heterocycles. The van der Waals surface area contributed by atoms with Gasteiger partial charge in [-0.2, -0.15) is 14.7 Å². The summed E-state index contributed by atoms with van der Waals surface area (Å²) >= 11 is 0. The number of nitrogens with zero attached hydrogens (tertiary/aromatic N) is 5. The van der Waals surface area contributed by atoms with E-state index in [1.807, 2.05) is 43.3 Å². The molecule has 2 aliphatic heterocycles. The highest BCUT2D eigenvalue weighted by molar-refractivity contribution is 7.89. The molecule has 0 spiro atoms. The Kier molecular flexibility index (Phi) is 8.25. The van der Waals surface area contributed by atoms with E-state index in [0.29, 0.717) is 41.9 Å². The molecule has 0 N–H and O–H groups in total. The zero-order valence-electron chi connectivity index (χ0n) is 23.9. The van der Waals surface area contributed by atoms with Gasteiger partial charge < -0.3 is 0 Å². The van der Waals surface area contributed by atoms with Crippen molar-refractivity contribution in [3.8, 4) is 23.0 Å². The lowest BCUT2D eigenvalue weighted by Gasteiger charge is -2.31. The topological polar surface area (TPSA) is 116 Å². The number of carbonyl (C=O) groups excluding carboxylic acids is 2. The highest BCUT2D eigenvalue weighted by Crippen LogP contribution is 2.33. The minimum Gasteiger partial charge on any atom is -0.271 e. The van der Waals surface area contributed by atoms with Gasteiger partial charge >= 0.3 is 0 Å². The zero-order chi connectivity index (χ0) is 30.0. The molecule has 5 rings (SSSR count). The van der Waals surface area contributed by atoms with Crippen molar-refractivity contribution in [3.05, 3.63) is 83.1 Å². The summed E-state index contributed by atoms with van der Waals surface area (Å²) in [6.45, 7) is 6.30. The Hall–Kier alpha value is -4.33. The van der Waals surface area contributed by atoms with Crippen molar-refractivity contribution >= 4 is 27.9 Å². The Morgan fingerprint density at radius 3 is 2.29 bits per heavy atom. The Bertz CT molecular complexity index is 1730. The second-order valence-corrected chi connectivity index (χ2v) is 12.5. The number of benzene rings is 2. The predicted molar refractivity (Wildman–Crippen MR) is 160 cm³/mol. The van der Waals surface area contributed by atoms with E-state index in [1.165, 1.54) is 4.31 Å². The number of para-hydroxylation sites is 1. The molecular weight excluding hydrogens is 550 g/mol. The van der Waals surface area contributed by atoms with E-state index in [9.17, 15) is 23.3 Å². The molecule has 0 saturated carbocycles. The van der Waals surface area contributed by atoms with E-state index in [-0.39, 0.29) is 22.1 Å². The molecule has 1 atom stereocenters. The predicted octanol–water partition coefficient (Wildman–Crippen LogP) is 5.10. The highest BCUT2D eigenvalue weighted by atomic mass is 32.2. The maximum absolute atomic E-state index is 13.6. The van der Waals surface area contributed by atoms with Crippen LogP contribution in [0.3, 0.4) is 0 Å². The van der Waals surface area contributed by atoms with Crippen molar-refractivity contribution in [1.29, 1.82) is 5.26 Å². The van der Waals surface area contributed by atoms with Gasteiger partial charge in [-0.3, -0.25) is 14.5 Å². The lowest BCUT2D eigenvalue weighted by molar-refractivity contribution is -0.142. The molecule has 42 heavy (non-hydrogen) atoms. The quantitative estimate of drug-likeness (QED) is 0.282. The van der Waals surface area contributed by atoms with E-state index < -0.39 is 21.8 Å². The number of piperidine rings is 1. The molecule has 3 aromatic rings. The molecule has 2 amide bonds. The van der Waals surface area contributed by atoms with Gasteiger partial charge in [0.1, 0.15) is 11.6 Å². The van der Waals surface area contributed by atoms with Crippen molar-refractivity contribution < 1.29 is 18.0 Å². The van der Waals surface area contributed by atoms with Crippen LogP contribution < -0.4 is 0 Å². The summed E-state index contributed by atoms with van der Waals surface area (Å²) in [6, 6.07) is 17.7. The molecule has 1 aromatic heterocycles. The molecule has 0 bridgehead atoms. The second kappa shape index (κ2) is 11.9. The molecule has 9 nitrogen and oxygen atoms in total. The number of nitriles is 1. The normalized spacial score (nSPS) is 18.4. The maximum Gasteiger partial charge on any atom is 0.271 e. The van der Waals surface area contributed by atoms with Crippen LogP contribution in [-0.2, 0) is 19.6 Å². The van der Waals surface area contributed by atoms with Crippen molar-refractivity contribution in [2.24, 2.45) is 0 Å². The lowest BCUT2D eigenvalue weighted by atomic mass is 9.92. The third-order valence-electron chi connectivity index (χ3n) is 7.95. The molecule has 0 radical (unpaired) electrons. The molecule has 3 heterocycles. The van der Waals surface area contributed by atoms with Crippen molar-refractivity contribution in [1.82, 2.24) is 19.0 Å². The van der Waals surface area contributed by atoms with E-state index in [2.05, 4.69) is 0 Å². The number of rotatable bonds is 7. The molecular formula is C32H33N5O4S. The summed E-state index contributed by atoms with van der Waals surface area (Å²) in [6.07, 6.45) is 6.73. The smallest absolute Gasteiger partial charge is 0.271 e. The monoisotopic (exact) mass is 583 g/mol. The van der Waals surface area contributed by atoms with E-state index in [4.69, 9.17) is 5.10 Å². The zero-order valence-corrected chi connectivity index (χ0v) is 24.8. The van der Waals surface area contributed by atoms with Crippen LogP contribution in [0.2, 0.25) is 0 Å². The lowest BCUT2D eigenvalue weighted by Crippen LogP contribution is -2.47. The Balaban J connectivity index is 1.62. The number of hydrogen-bond donors (Lipinski definition) is 0. The first-order chi connectivity index (χ1) is 20.2. The SMILES string of the molecule is CCC(C)N1C(=O)C(C#N)=C(C)/C(=C\c2cn(-c3ccccc3)nc2-c2ccc(S(=O)(=O)N3CCCCC3)cc2)C1=O. The van der Waals surface area contributed by atoms with E-state index in [0.717, 1.165) is 29.8 Å². The van der Waals surface area contributed by atoms with Gasteiger partial charge in [0, 0.05) is 42.0 Å². The second-order valence-electron chi connectivity index (χ2n) is 10.6. The number of carbonyl (C=O) groups is 2. The number of sulfonamides is 1. The summed E-state index contributed by atoms with van der Waals surface area (Å²) in [4.78, 5) is 28.0. The Morgan fingerprint density at radius 2 is 1.67 bits per heavy atom. The summed E-state index contributed by atoms with van der Waals surface area (Å²) in [7, 11) is -3.60. The van der Waals surface area contributed by atoms with E-state index in [1.54, 1.807) is 55.1 Å². The van der Waals surface area contributed by atoms with E-state index >= 15 is 0 Å². The summed E-state index contributed by atoms with van der Waals surface area (Å²) in [5.74, 6) is -1.05. The third kappa shape index (κ3) is 5.33. The van der Waals surface area contributed by atoms with Crippen LogP contribution in [0.25, 0.3) is 23.0 Å². The summed E-state index contributed by atoms with van der Waals surface area (Å²) < 4.78 is 29.7. The third-order valence-corrected chi connectivity index (χ3v) is 9.86. The van der Waals surface area contributed by atoms with Gasteiger partial charge in [-0.25, -0.2) is 13.1 Å². The highest BCUT2D eigenvalue weighted by Gasteiger charge is 2.38. The molecule has 10 heteroatoms. The fourth-order valence-corrected chi connectivity index (χ4v) is 6.82.